The zero-order chi connectivity index (χ0) is 12.7. The Hall–Kier alpha value is -1.63. The van der Waals surface area contributed by atoms with Gasteiger partial charge in [-0.3, -0.25) is 4.57 Å². The molecule has 90 valence electrons. The molecule has 0 aliphatic carbocycles. The summed E-state index contributed by atoms with van der Waals surface area (Å²) in [6, 6.07) is 12.0. The van der Waals surface area contributed by atoms with Crippen molar-refractivity contribution in [2.75, 3.05) is 5.73 Å². The van der Waals surface area contributed by atoms with Gasteiger partial charge in [-0.1, -0.05) is 0 Å². The number of hydrogen-bond donors (Lipinski definition) is 1. The molecule has 2 N–H and O–H groups in total. The molecule has 2 heterocycles. The number of imidazole rings is 1. The smallest absolute Gasteiger partial charge is 0.207 e. The quantitative estimate of drug-likeness (QED) is 0.687. The van der Waals surface area contributed by atoms with Crippen LogP contribution in [0.25, 0.3) is 16.9 Å². The van der Waals surface area contributed by atoms with E-state index in [2.05, 4.69) is 32.6 Å². The summed E-state index contributed by atoms with van der Waals surface area (Å²) in [4.78, 5) is 8.84. The maximum Gasteiger partial charge on any atom is 0.207 e. The fourth-order valence-electron chi connectivity index (χ4n) is 1.91. The molecule has 0 atom stereocenters. The lowest BCUT2D eigenvalue weighted by Gasteiger charge is -2.06. The van der Waals surface area contributed by atoms with Gasteiger partial charge in [0.05, 0.1) is 5.69 Å². The van der Waals surface area contributed by atoms with Crippen molar-refractivity contribution in [1.29, 1.82) is 0 Å². The summed E-state index contributed by atoms with van der Waals surface area (Å²) < 4.78 is 3.06. The average Bonchev–Trinajstić information content (AvgIpc) is 2.66. The molecule has 4 nitrogen and oxygen atoms in total. The number of aromatic nitrogens is 3. The number of benzene rings is 1. The van der Waals surface area contributed by atoms with Crippen LogP contribution in [0.5, 0.6) is 0 Å². The van der Waals surface area contributed by atoms with E-state index < -0.39 is 0 Å². The first-order valence-corrected chi connectivity index (χ1v) is 6.60. The fraction of sp³-hybridized carbons (Fsp3) is 0.0769. The molecule has 3 aromatic rings. The maximum absolute atomic E-state index is 5.98. The van der Waals surface area contributed by atoms with Crippen LogP contribution in [0, 0.1) is 10.5 Å². The van der Waals surface area contributed by atoms with Gasteiger partial charge in [-0.2, -0.15) is 0 Å². The highest BCUT2D eigenvalue weighted by Gasteiger charge is 2.11. The van der Waals surface area contributed by atoms with Gasteiger partial charge in [0.1, 0.15) is 5.52 Å². The van der Waals surface area contributed by atoms with Crippen LogP contribution in [0.1, 0.15) is 5.69 Å². The Kier molecular flexibility index (Phi) is 2.70. The third-order valence-corrected chi connectivity index (χ3v) is 3.47. The molecule has 3 rings (SSSR count). The van der Waals surface area contributed by atoms with Gasteiger partial charge in [-0.25, -0.2) is 9.97 Å². The number of aryl methyl sites for hydroxylation is 1. The summed E-state index contributed by atoms with van der Waals surface area (Å²) in [7, 11) is 0. The highest BCUT2D eigenvalue weighted by atomic mass is 127. The van der Waals surface area contributed by atoms with E-state index in [9.17, 15) is 0 Å². The lowest BCUT2D eigenvalue weighted by molar-refractivity contribution is 1.07. The van der Waals surface area contributed by atoms with Crippen molar-refractivity contribution in [3.63, 3.8) is 0 Å². The standard InChI is InChI=1S/C13H11IN4/c1-8-2-7-11-12(16-8)18(13(15)17-11)10-5-3-9(14)4-6-10/h2-7H,1H3,(H2,15,17). The number of anilines is 1. The van der Waals surface area contributed by atoms with Crippen LogP contribution in [0.2, 0.25) is 0 Å². The minimum Gasteiger partial charge on any atom is -0.369 e. The second-order valence-electron chi connectivity index (χ2n) is 4.08. The molecule has 0 amide bonds. The predicted molar refractivity (Wildman–Crippen MR) is 80.7 cm³/mol. The van der Waals surface area contributed by atoms with Gasteiger partial charge in [0, 0.05) is 9.26 Å². The van der Waals surface area contributed by atoms with E-state index in [0.29, 0.717) is 5.95 Å². The van der Waals surface area contributed by atoms with E-state index in [1.54, 1.807) is 0 Å². The number of nitrogen functional groups attached to an aromatic ring is 1. The summed E-state index contributed by atoms with van der Waals surface area (Å²) in [5, 5.41) is 0. The van der Waals surface area contributed by atoms with Gasteiger partial charge < -0.3 is 5.73 Å². The number of fused-ring (bicyclic) bond motifs is 1. The summed E-state index contributed by atoms with van der Waals surface area (Å²) >= 11 is 2.27. The molecular weight excluding hydrogens is 339 g/mol. The number of halogens is 1. The normalized spacial score (nSPS) is 11.0. The van der Waals surface area contributed by atoms with Crippen molar-refractivity contribution in [1.82, 2.24) is 14.5 Å². The molecule has 0 aliphatic heterocycles. The topological polar surface area (TPSA) is 56.7 Å². The minimum absolute atomic E-state index is 0.462. The minimum atomic E-state index is 0.462. The molecule has 0 unspecified atom stereocenters. The Bertz CT molecular complexity index is 716. The van der Waals surface area contributed by atoms with Crippen LogP contribution in [0.4, 0.5) is 5.95 Å². The highest BCUT2D eigenvalue weighted by molar-refractivity contribution is 14.1. The summed E-state index contributed by atoms with van der Waals surface area (Å²) in [5.74, 6) is 0.462. The number of rotatable bonds is 1. The molecule has 0 spiro atoms. The fourth-order valence-corrected chi connectivity index (χ4v) is 2.27. The van der Waals surface area contributed by atoms with Gasteiger partial charge in [-0.15, -0.1) is 0 Å². The van der Waals surface area contributed by atoms with E-state index in [1.807, 2.05) is 47.9 Å². The molecule has 0 saturated carbocycles. The van der Waals surface area contributed by atoms with Crippen molar-refractivity contribution >= 4 is 39.7 Å². The van der Waals surface area contributed by atoms with E-state index in [-0.39, 0.29) is 0 Å². The first-order valence-electron chi connectivity index (χ1n) is 5.52. The second-order valence-corrected chi connectivity index (χ2v) is 5.32. The van der Waals surface area contributed by atoms with Crippen molar-refractivity contribution in [2.24, 2.45) is 0 Å². The Morgan fingerprint density at radius 3 is 2.50 bits per heavy atom. The number of nitrogens with zero attached hydrogens (tertiary/aromatic N) is 3. The van der Waals surface area contributed by atoms with Gasteiger partial charge >= 0.3 is 0 Å². The molecular formula is C13H11IN4. The zero-order valence-corrected chi connectivity index (χ0v) is 11.9. The van der Waals surface area contributed by atoms with Crippen LogP contribution in [0.3, 0.4) is 0 Å². The monoisotopic (exact) mass is 350 g/mol. The van der Waals surface area contributed by atoms with Crippen LogP contribution in [-0.2, 0) is 0 Å². The highest BCUT2D eigenvalue weighted by Crippen LogP contribution is 2.22. The molecule has 5 heteroatoms. The Morgan fingerprint density at radius 1 is 1.06 bits per heavy atom. The van der Waals surface area contributed by atoms with Gasteiger partial charge in [0.25, 0.3) is 0 Å². The third-order valence-electron chi connectivity index (χ3n) is 2.75. The van der Waals surface area contributed by atoms with Crippen molar-refractivity contribution in [3.8, 4) is 5.69 Å². The van der Waals surface area contributed by atoms with E-state index >= 15 is 0 Å². The van der Waals surface area contributed by atoms with E-state index in [4.69, 9.17) is 5.73 Å². The van der Waals surface area contributed by atoms with Crippen LogP contribution >= 0.6 is 22.6 Å². The van der Waals surface area contributed by atoms with E-state index in [0.717, 1.165) is 22.5 Å². The SMILES string of the molecule is Cc1ccc2nc(N)n(-c3ccc(I)cc3)c2n1. The number of pyridine rings is 1. The Labute approximate surface area is 118 Å². The summed E-state index contributed by atoms with van der Waals surface area (Å²) in [5.41, 5.74) is 9.53. The molecule has 0 bridgehead atoms. The molecule has 2 aromatic heterocycles. The lowest BCUT2D eigenvalue weighted by atomic mass is 10.3. The molecule has 1 aromatic carbocycles. The van der Waals surface area contributed by atoms with Crippen LogP contribution in [-0.4, -0.2) is 14.5 Å². The Morgan fingerprint density at radius 2 is 1.78 bits per heavy atom. The van der Waals surface area contributed by atoms with Gasteiger partial charge in [0.2, 0.25) is 5.95 Å². The molecule has 18 heavy (non-hydrogen) atoms. The Balaban J connectivity index is 2.30. The van der Waals surface area contributed by atoms with Crippen molar-refractivity contribution in [3.05, 3.63) is 45.7 Å². The maximum atomic E-state index is 5.98. The molecule has 0 aliphatic rings. The van der Waals surface area contributed by atoms with Gasteiger partial charge in [-0.05, 0) is 65.9 Å². The predicted octanol–water partition coefficient (Wildman–Crippen LogP) is 2.92. The molecule has 0 fully saturated rings. The number of nitrogens with two attached hydrogens (primary N) is 1. The van der Waals surface area contributed by atoms with E-state index in [1.165, 1.54) is 3.57 Å². The average molecular weight is 350 g/mol. The molecule has 0 radical (unpaired) electrons. The second kappa shape index (κ2) is 4.24. The first kappa shape index (κ1) is 11.5. The lowest BCUT2D eigenvalue weighted by Crippen LogP contribution is -2.01. The van der Waals surface area contributed by atoms with Crippen molar-refractivity contribution in [2.45, 2.75) is 6.92 Å². The molecule has 0 saturated heterocycles. The van der Waals surface area contributed by atoms with Crippen molar-refractivity contribution < 1.29 is 0 Å². The van der Waals surface area contributed by atoms with Crippen LogP contribution < -0.4 is 5.73 Å². The third kappa shape index (κ3) is 1.84. The first-order chi connectivity index (χ1) is 8.65. The number of hydrogen-bond acceptors (Lipinski definition) is 3. The summed E-state index contributed by atoms with van der Waals surface area (Å²) in [6.07, 6.45) is 0. The van der Waals surface area contributed by atoms with Crippen LogP contribution in [0.15, 0.2) is 36.4 Å². The largest absolute Gasteiger partial charge is 0.369 e. The summed E-state index contributed by atoms with van der Waals surface area (Å²) in [6.45, 7) is 1.96. The van der Waals surface area contributed by atoms with Gasteiger partial charge in [0.15, 0.2) is 5.65 Å². The zero-order valence-electron chi connectivity index (χ0n) is 9.76.